The van der Waals surface area contributed by atoms with Crippen LogP contribution in [0, 0.1) is 0 Å². The lowest BCUT2D eigenvalue weighted by atomic mass is 9.89. The van der Waals surface area contributed by atoms with E-state index in [1.165, 1.54) is 6.20 Å². The molecule has 1 saturated heterocycles. The summed E-state index contributed by atoms with van der Waals surface area (Å²) in [6.07, 6.45) is 2.16. The van der Waals surface area contributed by atoms with E-state index < -0.39 is 11.9 Å². The van der Waals surface area contributed by atoms with Crippen LogP contribution in [-0.2, 0) is 9.59 Å². The Morgan fingerprint density at radius 2 is 2.10 bits per heavy atom. The number of pyridine rings is 1. The molecule has 1 aliphatic heterocycles. The Balaban J connectivity index is 2.08. The van der Waals surface area contributed by atoms with E-state index in [4.69, 9.17) is 0 Å². The first kappa shape index (κ1) is 13.2. The fourth-order valence-electron chi connectivity index (χ4n) is 2.58. The number of carbonyl (C=O) groups excluding carboxylic acids is 2. The van der Waals surface area contributed by atoms with E-state index >= 15 is 0 Å². The summed E-state index contributed by atoms with van der Waals surface area (Å²) in [6, 6.07) is 6.94. The highest BCUT2D eigenvalue weighted by atomic mass is 16.4. The van der Waals surface area contributed by atoms with Crippen molar-refractivity contribution in [3.63, 3.8) is 0 Å². The summed E-state index contributed by atoms with van der Waals surface area (Å²) in [5.74, 6) is -2.16. The largest absolute Gasteiger partial charge is 0.476 e. The van der Waals surface area contributed by atoms with Crippen LogP contribution in [0.5, 0.6) is 0 Å². The number of hydrogen-bond donors (Lipinski definition) is 2. The summed E-state index contributed by atoms with van der Waals surface area (Å²) in [5, 5.41) is 12.7. The standard InChI is InChI=1S/C15H12N2O4/c18-12-4-3-10(14(19)17-12)9-2-1-8-5-6-16-13(15(20)21)11(8)7-9/h1-2,5-7,10H,3-4H2,(H,20,21)(H,17,18,19). The van der Waals surface area contributed by atoms with Gasteiger partial charge in [-0.1, -0.05) is 12.1 Å². The number of hydrogen-bond acceptors (Lipinski definition) is 4. The number of nitrogens with zero attached hydrogens (tertiary/aromatic N) is 1. The Hall–Kier alpha value is -2.76. The molecule has 2 amide bonds. The highest BCUT2D eigenvalue weighted by Crippen LogP contribution is 2.28. The van der Waals surface area contributed by atoms with Crippen LogP contribution in [0.2, 0.25) is 0 Å². The first-order valence-electron chi connectivity index (χ1n) is 6.52. The molecule has 106 valence electrons. The van der Waals surface area contributed by atoms with Crippen LogP contribution in [0.15, 0.2) is 30.5 Å². The van der Waals surface area contributed by atoms with Crippen LogP contribution in [0.1, 0.15) is 34.8 Å². The number of fused-ring (bicyclic) bond motifs is 1. The van der Waals surface area contributed by atoms with Crippen LogP contribution < -0.4 is 5.32 Å². The number of carbonyl (C=O) groups is 3. The lowest BCUT2D eigenvalue weighted by molar-refractivity contribution is -0.134. The fraction of sp³-hybridized carbons (Fsp3) is 0.200. The molecule has 6 heteroatoms. The second-order valence-corrected chi connectivity index (χ2v) is 4.95. The van der Waals surface area contributed by atoms with E-state index in [1.807, 2.05) is 0 Å². The molecule has 1 atom stereocenters. The van der Waals surface area contributed by atoms with Crippen LogP contribution in [0.3, 0.4) is 0 Å². The third-order valence-electron chi connectivity index (χ3n) is 3.63. The van der Waals surface area contributed by atoms with Crippen LogP contribution in [0.4, 0.5) is 0 Å². The van der Waals surface area contributed by atoms with Gasteiger partial charge in [-0.25, -0.2) is 9.78 Å². The van der Waals surface area contributed by atoms with Gasteiger partial charge in [-0.2, -0.15) is 0 Å². The third kappa shape index (κ3) is 2.35. The molecular weight excluding hydrogens is 272 g/mol. The number of carboxylic acid groups (broad SMARTS) is 1. The van der Waals surface area contributed by atoms with Crippen molar-refractivity contribution in [2.45, 2.75) is 18.8 Å². The molecule has 0 aliphatic carbocycles. The maximum absolute atomic E-state index is 11.9. The predicted molar refractivity (Wildman–Crippen MR) is 73.8 cm³/mol. The van der Waals surface area contributed by atoms with E-state index in [9.17, 15) is 19.5 Å². The second-order valence-electron chi connectivity index (χ2n) is 4.95. The van der Waals surface area contributed by atoms with Crippen molar-refractivity contribution < 1.29 is 19.5 Å². The molecule has 2 N–H and O–H groups in total. The van der Waals surface area contributed by atoms with Crippen molar-refractivity contribution in [3.8, 4) is 0 Å². The summed E-state index contributed by atoms with van der Waals surface area (Å²) in [7, 11) is 0. The van der Waals surface area contributed by atoms with Gasteiger partial charge in [0.1, 0.15) is 0 Å². The predicted octanol–water partition coefficient (Wildman–Crippen LogP) is 1.45. The van der Waals surface area contributed by atoms with Crippen molar-refractivity contribution >= 4 is 28.6 Å². The van der Waals surface area contributed by atoms with Gasteiger partial charge in [0.25, 0.3) is 0 Å². The van der Waals surface area contributed by atoms with Crippen molar-refractivity contribution in [3.05, 3.63) is 41.7 Å². The Labute approximate surface area is 119 Å². The topological polar surface area (TPSA) is 96.4 Å². The first-order chi connectivity index (χ1) is 10.1. The zero-order valence-electron chi connectivity index (χ0n) is 11.0. The molecule has 2 heterocycles. The van der Waals surface area contributed by atoms with Gasteiger partial charge in [0, 0.05) is 18.0 Å². The van der Waals surface area contributed by atoms with Gasteiger partial charge in [-0.05, 0) is 29.5 Å². The number of imide groups is 1. The summed E-state index contributed by atoms with van der Waals surface area (Å²) < 4.78 is 0. The summed E-state index contributed by atoms with van der Waals surface area (Å²) >= 11 is 0. The molecule has 0 saturated carbocycles. The molecule has 1 aromatic heterocycles. The quantitative estimate of drug-likeness (QED) is 0.814. The van der Waals surface area contributed by atoms with E-state index in [2.05, 4.69) is 10.3 Å². The van der Waals surface area contributed by atoms with Gasteiger partial charge < -0.3 is 5.11 Å². The number of piperidine rings is 1. The molecule has 2 aromatic rings. The van der Waals surface area contributed by atoms with Gasteiger partial charge in [0.05, 0.1) is 5.92 Å². The average molecular weight is 284 g/mol. The monoisotopic (exact) mass is 284 g/mol. The average Bonchev–Trinajstić information content (AvgIpc) is 2.46. The Morgan fingerprint density at radius 3 is 2.81 bits per heavy atom. The van der Waals surface area contributed by atoms with Gasteiger partial charge in [-0.3, -0.25) is 14.9 Å². The van der Waals surface area contributed by atoms with Crippen molar-refractivity contribution in [1.29, 1.82) is 0 Å². The Kier molecular flexibility index (Phi) is 3.13. The highest BCUT2D eigenvalue weighted by Gasteiger charge is 2.28. The van der Waals surface area contributed by atoms with Crippen LogP contribution in [-0.4, -0.2) is 27.9 Å². The zero-order valence-corrected chi connectivity index (χ0v) is 11.0. The minimum Gasteiger partial charge on any atom is -0.476 e. The molecule has 21 heavy (non-hydrogen) atoms. The number of carboxylic acids is 1. The molecule has 1 unspecified atom stereocenters. The molecule has 1 aliphatic rings. The number of rotatable bonds is 2. The van der Waals surface area contributed by atoms with Crippen LogP contribution >= 0.6 is 0 Å². The number of nitrogens with one attached hydrogen (secondary N) is 1. The number of amides is 2. The van der Waals surface area contributed by atoms with E-state index in [0.717, 1.165) is 5.39 Å². The van der Waals surface area contributed by atoms with Crippen LogP contribution in [0.25, 0.3) is 10.8 Å². The third-order valence-corrected chi connectivity index (χ3v) is 3.63. The molecule has 3 rings (SSSR count). The minimum atomic E-state index is -1.11. The fourth-order valence-corrected chi connectivity index (χ4v) is 2.58. The normalized spacial score (nSPS) is 18.6. The Bertz CT molecular complexity index is 769. The van der Waals surface area contributed by atoms with E-state index in [-0.39, 0.29) is 23.9 Å². The Morgan fingerprint density at radius 1 is 1.29 bits per heavy atom. The molecular formula is C15H12N2O4. The molecule has 1 fully saturated rings. The lowest BCUT2D eigenvalue weighted by Gasteiger charge is -2.21. The van der Waals surface area contributed by atoms with Crippen molar-refractivity contribution in [2.75, 3.05) is 0 Å². The summed E-state index contributed by atoms with van der Waals surface area (Å²) in [4.78, 5) is 38.2. The molecule has 1 aromatic carbocycles. The lowest BCUT2D eigenvalue weighted by Crippen LogP contribution is -2.39. The van der Waals surface area contributed by atoms with Crippen molar-refractivity contribution in [2.24, 2.45) is 0 Å². The summed E-state index contributed by atoms with van der Waals surface area (Å²) in [6.45, 7) is 0. The van der Waals surface area contributed by atoms with Gasteiger partial charge in [0.2, 0.25) is 11.8 Å². The first-order valence-corrected chi connectivity index (χ1v) is 6.52. The smallest absolute Gasteiger partial charge is 0.355 e. The van der Waals surface area contributed by atoms with E-state index in [0.29, 0.717) is 17.4 Å². The number of benzene rings is 1. The molecule has 6 nitrogen and oxygen atoms in total. The van der Waals surface area contributed by atoms with Gasteiger partial charge >= 0.3 is 5.97 Å². The number of aromatic nitrogens is 1. The van der Waals surface area contributed by atoms with E-state index in [1.54, 1.807) is 24.3 Å². The summed E-state index contributed by atoms with van der Waals surface area (Å²) in [5.41, 5.74) is 0.657. The SMILES string of the molecule is O=C1CCC(c2ccc3ccnc(C(=O)O)c3c2)C(=O)N1. The van der Waals surface area contributed by atoms with Gasteiger partial charge in [-0.15, -0.1) is 0 Å². The highest BCUT2D eigenvalue weighted by molar-refractivity contribution is 6.04. The maximum Gasteiger partial charge on any atom is 0.355 e. The molecule has 0 bridgehead atoms. The van der Waals surface area contributed by atoms with Gasteiger partial charge in [0.15, 0.2) is 5.69 Å². The maximum atomic E-state index is 11.9. The second kappa shape index (κ2) is 4.97. The molecule has 0 radical (unpaired) electrons. The zero-order chi connectivity index (χ0) is 15.0. The van der Waals surface area contributed by atoms with Crippen molar-refractivity contribution in [1.82, 2.24) is 10.3 Å². The minimum absolute atomic E-state index is 0.0401. The molecule has 0 spiro atoms. The number of aromatic carboxylic acids is 1.